The number of thioether (sulfide) groups is 1. The van der Waals surface area contributed by atoms with Gasteiger partial charge in [0.1, 0.15) is 0 Å². The van der Waals surface area contributed by atoms with Gasteiger partial charge in [-0.2, -0.15) is 0 Å². The van der Waals surface area contributed by atoms with Gasteiger partial charge in [-0.15, -0.1) is 11.3 Å². The summed E-state index contributed by atoms with van der Waals surface area (Å²) in [6.07, 6.45) is 5.13. The Balaban J connectivity index is 1.17. The van der Waals surface area contributed by atoms with Gasteiger partial charge in [-0.05, 0) is 67.5 Å². The Morgan fingerprint density at radius 2 is 1.85 bits per heavy atom. The summed E-state index contributed by atoms with van der Waals surface area (Å²) in [5.74, 6) is -0.00343. The number of carbonyl (C=O) groups is 3. The van der Waals surface area contributed by atoms with Gasteiger partial charge in [0.25, 0.3) is 0 Å². The van der Waals surface area contributed by atoms with Crippen molar-refractivity contribution < 1.29 is 14.4 Å². The molecule has 2 heterocycles. The first-order valence-corrected chi connectivity index (χ1v) is 13.2. The zero-order valence-corrected chi connectivity index (χ0v) is 20.4. The molecule has 0 spiro atoms. The molecule has 6 rings (SSSR count). The van der Waals surface area contributed by atoms with E-state index in [9.17, 15) is 14.4 Å². The Morgan fingerprint density at radius 3 is 2.59 bits per heavy atom. The monoisotopic (exact) mass is 489 g/mol. The van der Waals surface area contributed by atoms with Crippen LogP contribution in [0.15, 0.2) is 52.9 Å². The van der Waals surface area contributed by atoms with Crippen LogP contribution in [0.1, 0.15) is 17.5 Å². The third-order valence-corrected chi connectivity index (χ3v) is 9.45. The minimum Gasteiger partial charge on any atom is -0.325 e. The van der Waals surface area contributed by atoms with Gasteiger partial charge in [-0.3, -0.25) is 14.4 Å². The van der Waals surface area contributed by atoms with Crippen molar-refractivity contribution in [3.05, 3.63) is 59.7 Å². The number of nitrogens with one attached hydrogen (secondary N) is 1. The molecule has 172 valence electrons. The maximum atomic E-state index is 13.1. The highest BCUT2D eigenvalue weighted by Crippen LogP contribution is 2.53. The fourth-order valence-corrected chi connectivity index (χ4v) is 7.35. The van der Waals surface area contributed by atoms with E-state index >= 15 is 0 Å². The molecular weight excluding hydrogens is 466 g/mol. The number of hydrogen-bond acceptors (Lipinski definition) is 6. The van der Waals surface area contributed by atoms with Crippen LogP contribution in [0, 0.1) is 37.5 Å². The molecule has 0 radical (unpaired) electrons. The molecule has 2 aliphatic carbocycles. The van der Waals surface area contributed by atoms with E-state index < -0.39 is 0 Å². The number of nitrogens with zero attached hydrogens (tertiary/aromatic N) is 2. The lowest BCUT2D eigenvalue weighted by Gasteiger charge is -2.17. The van der Waals surface area contributed by atoms with Crippen molar-refractivity contribution >= 4 is 62.4 Å². The predicted octanol–water partition coefficient (Wildman–Crippen LogP) is 4.96. The molecule has 2 bridgehead atoms. The second-order valence-electron chi connectivity index (χ2n) is 9.23. The summed E-state index contributed by atoms with van der Waals surface area (Å²) < 4.78 is 1.68. The van der Waals surface area contributed by atoms with Crippen LogP contribution in [0.5, 0.6) is 0 Å². The zero-order valence-electron chi connectivity index (χ0n) is 18.8. The molecule has 3 amide bonds. The minimum atomic E-state index is -0.207. The molecule has 1 saturated heterocycles. The first-order chi connectivity index (χ1) is 16.4. The van der Waals surface area contributed by atoms with Crippen LogP contribution in [0.4, 0.5) is 11.4 Å². The summed E-state index contributed by atoms with van der Waals surface area (Å²) in [6, 6.07) is 11.4. The molecule has 1 saturated carbocycles. The number of aromatic nitrogens is 1. The van der Waals surface area contributed by atoms with Gasteiger partial charge in [0.05, 0.1) is 33.5 Å². The lowest BCUT2D eigenvalue weighted by molar-refractivity contribution is -0.123. The average Bonchev–Trinajstić information content (AvgIpc) is 3.58. The van der Waals surface area contributed by atoms with Gasteiger partial charge in [0.2, 0.25) is 17.7 Å². The van der Waals surface area contributed by atoms with E-state index in [4.69, 9.17) is 0 Å². The number of anilines is 2. The van der Waals surface area contributed by atoms with Crippen molar-refractivity contribution in [2.75, 3.05) is 16.0 Å². The molecule has 1 N–H and O–H groups in total. The number of aryl methyl sites for hydroxylation is 1. The first kappa shape index (κ1) is 21.6. The van der Waals surface area contributed by atoms with E-state index in [0.29, 0.717) is 5.69 Å². The van der Waals surface area contributed by atoms with Crippen LogP contribution >= 0.6 is 23.1 Å². The smallest absolute Gasteiger partial charge is 0.238 e. The van der Waals surface area contributed by atoms with Crippen LogP contribution in [0.3, 0.4) is 0 Å². The highest BCUT2D eigenvalue weighted by atomic mass is 32.2. The predicted molar refractivity (Wildman–Crippen MR) is 135 cm³/mol. The van der Waals surface area contributed by atoms with E-state index in [0.717, 1.165) is 37.8 Å². The van der Waals surface area contributed by atoms with Crippen molar-refractivity contribution in [1.82, 2.24) is 4.98 Å². The summed E-state index contributed by atoms with van der Waals surface area (Å²) >= 11 is 2.86. The molecule has 3 aliphatic rings. The Kier molecular flexibility index (Phi) is 5.11. The number of imide groups is 1. The maximum absolute atomic E-state index is 13.1. The molecule has 2 aromatic carbocycles. The van der Waals surface area contributed by atoms with E-state index in [2.05, 4.69) is 22.5 Å². The minimum absolute atomic E-state index is 0.0755. The molecule has 1 aromatic heterocycles. The fraction of sp³-hybridized carbons (Fsp3) is 0.308. The summed E-state index contributed by atoms with van der Waals surface area (Å²) in [5.41, 5.74) is 4.44. The topological polar surface area (TPSA) is 79.4 Å². The molecule has 8 heteroatoms. The second kappa shape index (κ2) is 8.06. The molecule has 0 unspecified atom stereocenters. The van der Waals surface area contributed by atoms with E-state index in [1.165, 1.54) is 28.0 Å². The average molecular weight is 490 g/mol. The number of amides is 3. The lowest BCUT2D eigenvalue weighted by atomic mass is 9.85. The van der Waals surface area contributed by atoms with Gasteiger partial charge in [-0.1, -0.05) is 36.0 Å². The molecule has 3 aromatic rings. The summed E-state index contributed by atoms with van der Waals surface area (Å²) in [6.45, 7) is 4.01. The van der Waals surface area contributed by atoms with Crippen LogP contribution < -0.4 is 10.2 Å². The molecule has 2 fully saturated rings. The van der Waals surface area contributed by atoms with Crippen LogP contribution in [-0.2, 0) is 14.4 Å². The number of carbonyl (C=O) groups excluding carboxylic acids is 3. The summed E-state index contributed by atoms with van der Waals surface area (Å²) in [5, 5.41) is 2.97. The Morgan fingerprint density at radius 1 is 1.12 bits per heavy atom. The first-order valence-electron chi connectivity index (χ1n) is 11.4. The second-order valence-corrected chi connectivity index (χ2v) is 11.5. The number of benzene rings is 2. The lowest BCUT2D eigenvalue weighted by Crippen LogP contribution is -2.32. The number of thiazole rings is 1. The molecular formula is C26H23N3O3S2. The van der Waals surface area contributed by atoms with Crippen LogP contribution in [0.2, 0.25) is 0 Å². The Hall–Kier alpha value is -2.97. The molecule has 6 nitrogen and oxygen atoms in total. The van der Waals surface area contributed by atoms with Gasteiger partial charge in [0, 0.05) is 5.69 Å². The van der Waals surface area contributed by atoms with Crippen LogP contribution in [0.25, 0.3) is 10.2 Å². The SMILES string of the molecule is Cc1cccc(NC(=O)CSc2nc3ccc(N4C(=O)[C@@H]5[C@@H](C4=O)[C@H]4C=C[C@H]5C4)cc3s2)c1C. The van der Waals surface area contributed by atoms with Crippen molar-refractivity contribution in [3.63, 3.8) is 0 Å². The number of allylic oxidation sites excluding steroid dienone is 2. The van der Waals surface area contributed by atoms with Gasteiger partial charge in [0.15, 0.2) is 4.34 Å². The van der Waals surface area contributed by atoms with E-state index in [1.807, 2.05) is 44.2 Å². The van der Waals surface area contributed by atoms with Crippen molar-refractivity contribution in [2.24, 2.45) is 23.7 Å². The third-order valence-electron chi connectivity index (χ3n) is 7.29. The van der Waals surface area contributed by atoms with Crippen molar-refractivity contribution in [2.45, 2.75) is 24.6 Å². The third kappa shape index (κ3) is 3.39. The number of fused-ring (bicyclic) bond motifs is 6. The normalized spacial score (nSPS) is 24.9. The van der Waals surface area contributed by atoms with Gasteiger partial charge < -0.3 is 5.32 Å². The fourth-order valence-electron chi connectivity index (χ4n) is 5.45. The molecule has 4 atom stereocenters. The van der Waals surface area contributed by atoms with Gasteiger partial charge in [-0.25, -0.2) is 9.88 Å². The van der Waals surface area contributed by atoms with Crippen molar-refractivity contribution in [1.29, 1.82) is 0 Å². The Labute approximate surface area is 205 Å². The highest BCUT2D eigenvalue weighted by molar-refractivity contribution is 8.01. The molecule has 1 aliphatic heterocycles. The quantitative estimate of drug-likeness (QED) is 0.311. The van der Waals surface area contributed by atoms with E-state index in [-0.39, 0.29) is 47.1 Å². The highest BCUT2D eigenvalue weighted by Gasteiger charge is 2.59. The summed E-state index contributed by atoms with van der Waals surface area (Å²) in [7, 11) is 0. The van der Waals surface area contributed by atoms with Crippen molar-refractivity contribution in [3.8, 4) is 0 Å². The number of rotatable bonds is 5. The molecule has 34 heavy (non-hydrogen) atoms. The maximum Gasteiger partial charge on any atom is 0.238 e. The van der Waals surface area contributed by atoms with E-state index in [1.54, 1.807) is 6.07 Å². The zero-order chi connectivity index (χ0) is 23.6. The van der Waals surface area contributed by atoms with Gasteiger partial charge >= 0.3 is 0 Å². The standard InChI is InChI=1S/C26H23N3O3S2/c1-13-4-3-5-18(14(13)2)27-21(30)12-33-26-28-19-9-8-17(11-20(19)34-26)29-24(31)22-15-6-7-16(10-15)23(22)25(29)32/h3-9,11,15-16,22-23H,10,12H2,1-2H3,(H,27,30)/t15-,16-,22-,23-/m0/s1. The Bertz CT molecular complexity index is 1370. The largest absolute Gasteiger partial charge is 0.325 e. The summed E-state index contributed by atoms with van der Waals surface area (Å²) in [4.78, 5) is 44.7. The van der Waals surface area contributed by atoms with Crippen LogP contribution in [-0.4, -0.2) is 28.5 Å². The number of hydrogen-bond donors (Lipinski definition) is 1.